The van der Waals surface area contributed by atoms with Crippen LogP contribution >= 0.6 is 0 Å². The van der Waals surface area contributed by atoms with Crippen LogP contribution in [0.1, 0.15) is 6.42 Å². The molecule has 1 unspecified atom stereocenters. The van der Waals surface area contributed by atoms with Gasteiger partial charge in [-0.15, -0.1) is 0 Å². The van der Waals surface area contributed by atoms with Gasteiger partial charge < -0.3 is 10.4 Å². The topological polar surface area (TPSA) is 78.4 Å². The molecule has 100 valence electrons. The van der Waals surface area contributed by atoms with Gasteiger partial charge in [0.1, 0.15) is 5.82 Å². The molecule has 7 heteroatoms. The number of hydrogen-bond donors (Lipinski definition) is 3. The second kappa shape index (κ2) is 4.93. The Balaban J connectivity index is 2.08. The molecule has 1 fully saturated rings. The lowest BCUT2D eigenvalue weighted by Gasteiger charge is -2.21. The van der Waals surface area contributed by atoms with Crippen molar-refractivity contribution in [3.63, 3.8) is 0 Å². The summed E-state index contributed by atoms with van der Waals surface area (Å²) in [4.78, 5) is -0.142. The zero-order valence-electron chi connectivity index (χ0n) is 9.69. The summed E-state index contributed by atoms with van der Waals surface area (Å²) in [7, 11) is -3.79. The van der Waals surface area contributed by atoms with Crippen LogP contribution in [0.4, 0.5) is 4.39 Å². The zero-order chi connectivity index (χ0) is 13.2. The van der Waals surface area contributed by atoms with Crippen molar-refractivity contribution in [3.05, 3.63) is 30.1 Å². The minimum absolute atomic E-state index is 0.0845. The van der Waals surface area contributed by atoms with Crippen molar-refractivity contribution < 1.29 is 17.9 Å². The third-order valence-electron chi connectivity index (χ3n) is 2.92. The first kappa shape index (κ1) is 13.4. The molecule has 1 aliphatic rings. The van der Waals surface area contributed by atoms with E-state index in [0.29, 0.717) is 19.5 Å². The molecule has 1 atom stereocenters. The highest BCUT2D eigenvalue weighted by Gasteiger charge is 2.32. The summed E-state index contributed by atoms with van der Waals surface area (Å²) < 4.78 is 39.0. The molecular formula is C11H15FN2O3S. The summed E-state index contributed by atoms with van der Waals surface area (Å²) in [6.45, 7) is 0.912. The van der Waals surface area contributed by atoms with E-state index in [2.05, 4.69) is 10.0 Å². The number of benzene rings is 1. The molecule has 1 aromatic carbocycles. The first-order valence-electron chi connectivity index (χ1n) is 5.60. The number of aliphatic hydroxyl groups is 1. The maximum Gasteiger partial charge on any atom is 0.240 e. The second-order valence-electron chi connectivity index (χ2n) is 4.43. The minimum atomic E-state index is -3.79. The quantitative estimate of drug-likeness (QED) is 0.712. The maximum atomic E-state index is 13.0. The Labute approximate surface area is 105 Å². The molecule has 2 rings (SSSR count). The number of sulfonamides is 1. The average Bonchev–Trinajstić information content (AvgIpc) is 2.75. The maximum absolute atomic E-state index is 13.0. The van der Waals surface area contributed by atoms with Crippen LogP contribution < -0.4 is 10.0 Å². The summed E-state index contributed by atoms with van der Waals surface area (Å²) in [6.07, 6.45) is 0.485. The van der Waals surface area contributed by atoms with Gasteiger partial charge in [-0.1, -0.05) is 6.07 Å². The van der Waals surface area contributed by atoms with Gasteiger partial charge in [0.25, 0.3) is 0 Å². The lowest BCUT2D eigenvalue weighted by Crippen LogP contribution is -2.44. The third kappa shape index (κ3) is 3.05. The molecule has 0 radical (unpaired) electrons. The molecule has 1 aliphatic heterocycles. The molecule has 1 aromatic rings. The van der Waals surface area contributed by atoms with Gasteiger partial charge in [-0.3, -0.25) is 0 Å². The summed E-state index contributed by atoms with van der Waals surface area (Å²) in [5.74, 6) is -0.612. The van der Waals surface area contributed by atoms with Gasteiger partial charge in [-0.05, 0) is 31.2 Å². The first-order chi connectivity index (χ1) is 8.41. The second-order valence-corrected chi connectivity index (χ2v) is 6.20. The summed E-state index contributed by atoms with van der Waals surface area (Å²) in [5, 5.41) is 12.9. The molecule has 1 saturated heterocycles. The highest BCUT2D eigenvalue weighted by atomic mass is 32.2. The largest absolute Gasteiger partial charge is 0.387 e. The number of rotatable bonds is 4. The minimum Gasteiger partial charge on any atom is -0.387 e. The van der Waals surface area contributed by atoms with E-state index < -0.39 is 21.4 Å². The Morgan fingerprint density at radius 3 is 2.89 bits per heavy atom. The van der Waals surface area contributed by atoms with Gasteiger partial charge in [0.15, 0.2) is 0 Å². The molecule has 0 saturated carbocycles. The monoisotopic (exact) mass is 274 g/mol. The Kier molecular flexibility index (Phi) is 3.67. The van der Waals surface area contributed by atoms with E-state index in [1.807, 2.05) is 0 Å². The van der Waals surface area contributed by atoms with Crippen LogP contribution in [0, 0.1) is 5.82 Å². The summed E-state index contributed by atoms with van der Waals surface area (Å²) >= 11 is 0. The molecule has 0 aromatic heterocycles. The molecule has 5 nitrogen and oxygen atoms in total. The van der Waals surface area contributed by atoms with Crippen molar-refractivity contribution in [1.29, 1.82) is 0 Å². The van der Waals surface area contributed by atoms with Crippen molar-refractivity contribution in [2.45, 2.75) is 16.9 Å². The van der Waals surface area contributed by atoms with E-state index in [4.69, 9.17) is 0 Å². The predicted octanol–water partition coefficient (Wildman–Crippen LogP) is -0.172. The Hall–Kier alpha value is -1.02. The van der Waals surface area contributed by atoms with E-state index in [1.165, 1.54) is 18.2 Å². The molecule has 18 heavy (non-hydrogen) atoms. The van der Waals surface area contributed by atoms with E-state index in [-0.39, 0.29) is 11.4 Å². The van der Waals surface area contributed by atoms with E-state index in [9.17, 15) is 17.9 Å². The molecule has 0 bridgehead atoms. The lowest BCUT2D eigenvalue weighted by atomic mass is 10.1. The normalized spacial score (nSPS) is 24.3. The fourth-order valence-corrected chi connectivity index (χ4v) is 2.98. The molecule has 3 N–H and O–H groups in total. The van der Waals surface area contributed by atoms with Crippen LogP contribution in [0.15, 0.2) is 29.2 Å². The van der Waals surface area contributed by atoms with Gasteiger partial charge in [-0.2, -0.15) is 0 Å². The number of nitrogens with one attached hydrogen (secondary N) is 2. The van der Waals surface area contributed by atoms with Gasteiger partial charge >= 0.3 is 0 Å². The van der Waals surface area contributed by atoms with Crippen molar-refractivity contribution in [2.24, 2.45) is 0 Å². The Morgan fingerprint density at radius 2 is 2.28 bits per heavy atom. The van der Waals surface area contributed by atoms with Gasteiger partial charge in [-0.25, -0.2) is 17.5 Å². The van der Waals surface area contributed by atoms with Crippen LogP contribution in [0.2, 0.25) is 0 Å². The van der Waals surface area contributed by atoms with Crippen molar-refractivity contribution in [2.75, 3.05) is 19.6 Å². The SMILES string of the molecule is O=S(=O)(NCC1(O)CCNC1)c1cccc(F)c1. The third-order valence-corrected chi connectivity index (χ3v) is 4.32. The van der Waals surface area contributed by atoms with Crippen molar-refractivity contribution >= 4 is 10.0 Å². The Morgan fingerprint density at radius 1 is 1.50 bits per heavy atom. The molecule has 0 aliphatic carbocycles. The number of halogens is 1. The van der Waals surface area contributed by atoms with Crippen LogP contribution in [-0.4, -0.2) is 38.8 Å². The van der Waals surface area contributed by atoms with E-state index >= 15 is 0 Å². The number of β-amino-alcohol motifs (C(OH)–C–C–N with tert-alkyl or cyclic N) is 1. The zero-order valence-corrected chi connectivity index (χ0v) is 10.5. The van der Waals surface area contributed by atoms with Gasteiger partial charge in [0.05, 0.1) is 10.5 Å². The lowest BCUT2D eigenvalue weighted by molar-refractivity contribution is 0.0667. The standard InChI is InChI=1S/C11H15FN2O3S/c12-9-2-1-3-10(6-9)18(16,17)14-8-11(15)4-5-13-7-11/h1-3,6,13-15H,4-5,7-8H2. The molecule has 1 heterocycles. The van der Waals surface area contributed by atoms with Crippen LogP contribution in [0.3, 0.4) is 0 Å². The van der Waals surface area contributed by atoms with E-state index in [1.54, 1.807) is 0 Å². The molecular weight excluding hydrogens is 259 g/mol. The molecule has 0 amide bonds. The van der Waals surface area contributed by atoms with Crippen LogP contribution in [-0.2, 0) is 10.0 Å². The Bertz CT molecular complexity index is 527. The highest BCUT2D eigenvalue weighted by molar-refractivity contribution is 7.89. The predicted molar refractivity (Wildman–Crippen MR) is 64.0 cm³/mol. The average molecular weight is 274 g/mol. The van der Waals surface area contributed by atoms with Crippen LogP contribution in [0.5, 0.6) is 0 Å². The van der Waals surface area contributed by atoms with Gasteiger partial charge in [0, 0.05) is 13.1 Å². The summed E-state index contributed by atoms with van der Waals surface area (Å²) in [5.41, 5.74) is -1.07. The fourth-order valence-electron chi connectivity index (χ4n) is 1.83. The van der Waals surface area contributed by atoms with Gasteiger partial charge in [0.2, 0.25) is 10.0 Å². The van der Waals surface area contributed by atoms with Crippen molar-refractivity contribution in [1.82, 2.24) is 10.0 Å². The summed E-state index contributed by atoms with van der Waals surface area (Å²) in [6, 6.07) is 4.75. The molecule has 0 spiro atoms. The number of hydrogen-bond acceptors (Lipinski definition) is 4. The van der Waals surface area contributed by atoms with E-state index in [0.717, 1.165) is 6.07 Å². The van der Waals surface area contributed by atoms with Crippen molar-refractivity contribution in [3.8, 4) is 0 Å². The fraction of sp³-hybridized carbons (Fsp3) is 0.455. The highest BCUT2D eigenvalue weighted by Crippen LogP contribution is 2.15. The smallest absolute Gasteiger partial charge is 0.240 e. The first-order valence-corrected chi connectivity index (χ1v) is 7.08. The van der Waals surface area contributed by atoms with Crippen LogP contribution in [0.25, 0.3) is 0 Å².